The molecule has 0 unspecified atom stereocenters. The summed E-state index contributed by atoms with van der Waals surface area (Å²) in [6, 6.07) is 16.7. The largest absolute Gasteiger partial charge is 0.381 e. The SMILES string of the molecule is CC1CCN(c2cccc(NCc3ccc([S@](C)=O)cc3)c2)CC1. The maximum Gasteiger partial charge on any atom is 0.0498 e. The summed E-state index contributed by atoms with van der Waals surface area (Å²) < 4.78 is 11.4. The molecule has 0 spiro atoms. The predicted molar refractivity (Wildman–Crippen MR) is 103 cm³/mol. The molecule has 4 heteroatoms. The van der Waals surface area contributed by atoms with Crippen LogP contribution in [0, 0.1) is 5.92 Å². The van der Waals surface area contributed by atoms with Crippen molar-refractivity contribution in [2.75, 3.05) is 29.6 Å². The number of rotatable bonds is 5. The smallest absolute Gasteiger partial charge is 0.0498 e. The molecule has 1 aliphatic heterocycles. The zero-order valence-corrected chi connectivity index (χ0v) is 15.3. The zero-order chi connectivity index (χ0) is 16.9. The van der Waals surface area contributed by atoms with Gasteiger partial charge in [-0.1, -0.05) is 25.1 Å². The summed E-state index contributed by atoms with van der Waals surface area (Å²) in [4.78, 5) is 3.36. The first kappa shape index (κ1) is 17.0. The Kier molecular flexibility index (Phi) is 5.56. The van der Waals surface area contributed by atoms with Crippen LogP contribution in [0.15, 0.2) is 53.4 Å². The normalized spacial score (nSPS) is 16.8. The Morgan fingerprint density at radius 2 is 1.83 bits per heavy atom. The second-order valence-electron chi connectivity index (χ2n) is 6.67. The molecular formula is C20H26N2OS. The van der Waals surface area contributed by atoms with Crippen LogP contribution in [0.1, 0.15) is 25.3 Å². The Balaban J connectivity index is 1.61. The summed E-state index contributed by atoms with van der Waals surface area (Å²) in [7, 11) is -0.912. The van der Waals surface area contributed by atoms with E-state index in [9.17, 15) is 4.21 Å². The van der Waals surface area contributed by atoms with E-state index in [1.165, 1.54) is 24.1 Å². The second-order valence-corrected chi connectivity index (χ2v) is 8.05. The highest BCUT2D eigenvalue weighted by Crippen LogP contribution is 2.25. The third-order valence-electron chi connectivity index (χ3n) is 4.75. The molecule has 1 atom stereocenters. The molecule has 1 heterocycles. The molecule has 2 aromatic rings. The van der Waals surface area contributed by atoms with E-state index in [0.717, 1.165) is 36.1 Å². The van der Waals surface area contributed by atoms with Crippen molar-refractivity contribution in [3.05, 3.63) is 54.1 Å². The lowest BCUT2D eigenvalue weighted by Crippen LogP contribution is -2.32. The van der Waals surface area contributed by atoms with Gasteiger partial charge >= 0.3 is 0 Å². The fourth-order valence-corrected chi connectivity index (χ4v) is 3.60. The van der Waals surface area contributed by atoms with Crippen LogP contribution >= 0.6 is 0 Å². The predicted octanol–water partition coefficient (Wildman–Crippen LogP) is 4.27. The fraction of sp³-hybridized carbons (Fsp3) is 0.400. The first-order chi connectivity index (χ1) is 11.6. The summed E-state index contributed by atoms with van der Waals surface area (Å²) in [5.41, 5.74) is 3.65. The average Bonchev–Trinajstić information content (AvgIpc) is 2.61. The maximum atomic E-state index is 11.4. The van der Waals surface area contributed by atoms with Gasteiger partial charge in [0.05, 0.1) is 0 Å². The van der Waals surface area contributed by atoms with Gasteiger partial charge in [-0.05, 0) is 54.7 Å². The van der Waals surface area contributed by atoms with Crippen LogP contribution in [0.3, 0.4) is 0 Å². The molecule has 2 aromatic carbocycles. The standard InChI is InChI=1S/C20H26N2OS/c1-16-10-12-22(13-11-16)19-5-3-4-18(14-19)21-15-17-6-8-20(9-7-17)24(2)23/h3-9,14,16,21H,10-13,15H2,1-2H3/t24-/m0/s1. The van der Waals surface area contributed by atoms with Crippen molar-refractivity contribution in [2.45, 2.75) is 31.2 Å². The molecule has 0 amide bonds. The number of nitrogens with zero attached hydrogens (tertiary/aromatic N) is 1. The topological polar surface area (TPSA) is 32.3 Å². The Bertz CT molecular complexity index is 691. The van der Waals surface area contributed by atoms with E-state index in [1.807, 2.05) is 24.3 Å². The van der Waals surface area contributed by atoms with Gasteiger partial charge in [-0.2, -0.15) is 0 Å². The van der Waals surface area contributed by atoms with E-state index in [4.69, 9.17) is 0 Å². The van der Waals surface area contributed by atoms with E-state index in [0.29, 0.717) is 0 Å². The molecule has 0 aromatic heterocycles. The molecule has 1 saturated heterocycles. The Morgan fingerprint density at radius 3 is 2.50 bits per heavy atom. The molecule has 0 saturated carbocycles. The van der Waals surface area contributed by atoms with Crippen molar-refractivity contribution in [2.24, 2.45) is 5.92 Å². The van der Waals surface area contributed by atoms with E-state index < -0.39 is 10.8 Å². The van der Waals surface area contributed by atoms with Crippen LogP contribution in [0.4, 0.5) is 11.4 Å². The quantitative estimate of drug-likeness (QED) is 0.880. The first-order valence-electron chi connectivity index (χ1n) is 8.63. The molecule has 0 aliphatic carbocycles. The Labute approximate surface area is 147 Å². The summed E-state index contributed by atoms with van der Waals surface area (Å²) in [6.07, 6.45) is 4.27. The minimum absolute atomic E-state index is 0.775. The third kappa shape index (κ3) is 4.38. The van der Waals surface area contributed by atoms with Gasteiger partial charge in [-0.15, -0.1) is 0 Å². The van der Waals surface area contributed by atoms with Gasteiger partial charge in [0, 0.05) is 53.0 Å². The van der Waals surface area contributed by atoms with Gasteiger partial charge < -0.3 is 10.2 Å². The number of piperidine rings is 1. The van der Waals surface area contributed by atoms with Crippen LogP contribution in [-0.2, 0) is 17.3 Å². The minimum atomic E-state index is -0.912. The van der Waals surface area contributed by atoms with Crippen LogP contribution in [0.25, 0.3) is 0 Å². The highest BCUT2D eigenvalue weighted by Gasteiger charge is 2.16. The molecule has 0 bridgehead atoms. The van der Waals surface area contributed by atoms with Gasteiger partial charge in [0.1, 0.15) is 0 Å². The lowest BCUT2D eigenvalue weighted by molar-refractivity contribution is 0.438. The van der Waals surface area contributed by atoms with Crippen molar-refractivity contribution >= 4 is 22.2 Å². The molecule has 1 aliphatic rings. The number of nitrogens with one attached hydrogen (secondary N) is 1. The molecular weight excluding hydrogens is 316 g/mol. The Morgan fingerprint density at radius 1 is 1.12 bits per heavy atom. The molecule has 0 radical (unpaired) electrons. The van der Waals surface area contributed by atoms with E-state index in [-0.39, 0.29) is 0 Å². The monoisotopic (exact) mass is 342 g/mol. The van der Waals surface area contributed by atoms with Gasteiger partial charge in [0.15, 0.2) is 0 Å². The molecule has 3 rings (SSSR count). The van der Waals surface area contributed by atoms with Crippen molar-refractivity contribution in [3.8, 4) is 0 Å². The number of benzene rings is 2. The van der Waals surface area contributed by atoms with E-state index >= 15 is 0 Å². The highest BCUT2D eigenvalue weighted by molar-refractivity contribution is 7.84. The van der Waals surface area contributed by atoms with Crippen LogP contribution in [-0.4, -0.2) is 23.6 Å². The van der Waals surface area contributed by atoms with Crippen LogP contribution in [0.2, 0.25) is 0 Å². The number of hydrogen-bond donors (Lipinski definition) is 1. The summed E-state index contributed by atoms with van der Waals surface area (Å²) in [6.45, 7) is 5.42. The first-order valence-corrected chi connectivity index (χ1v) is 10.2. The maximum absolute atomic E-state index is 11.4. The summed E-state index contributed by atoms with van der Waals surface area (Å²) in [5.74, 6) is 0.850. The van der Waals surface area contributed by atoms with Gasteiger partial charge in [-0.25, -0.2) is 0 Å². The van der Waals surface area contributed by atoms with Crippen molar-refractivity contribution < 1.29 is 4.21 Å². The van der Waals surface area contributed by atoms with Crippen molar-refractivity contribution in [3.63, 3.8) is 0 Å². The average molecular weight is 343 g/mol. The van der Waals surface area contributed by atoms with Gasteiger partial charge in [-0.3, -0.25) is 4.21 Å². The second kappa shape index (κ2) is 7.84. The van der Waals surface area contributed by atoms with Crippen LogP contribution in [0.5, 0.6) is 0 Å². The molecule has 1 N–H and O–H groups in total. The number of anilines is 2. The minimum Gasteiger partial charge on any atom is -0.381 e. The number of hydrogen-bond acceptors (Lipinski definition) is 3. The molecule has 3 nitrogen and oxygen atoms in total. The lowest BCUT2D eigenvalue weighted by atomic mass is 9.99. The van der Waals surface area contributed by atoms with Crippen molar-refractivity contribution in [1.29, 1.82) is 0 Å². The van der Waals surface area contributed by atoms with Gasteiger partial charge in [0.25, 0.3) is 0 Å². The summed E-state index contributed by atoms with van der Waals surface area (Å²) >= 11 is 0. The van der Waals surface area contributed by atoms with Crippen LogP contribution < -0.4 is 10.2 Å². The van der Waals surface area contributed by atoms with E-state index in [2.05, 4.69) is 41.4 Å². The van der Waals surface area contributed by atoms with Crippen molar-refractivity contribution in [1.82, 2.24) is 0 Å². The lowest BCUT2D eigenvalue weighted by Gasteiger charge is -2.32. The Hall–Kier alpha value is -1.81. The zero-order valence-electron chi connectivity index (χ0n) is 14.5. The molecule has 128 valence electrons. The summed E-state index contributed by atoms with van der Waals surface area (Å²) in [5, 5.41) is 3.50. The third-order valence-corrected chi connectivity index (χ3v) is 5.68. The van der Waals surface area contributed by atoms with Gasteiger partial charge in [0.2, 0.25) is 0 Å². The van der Waals surface area contributed by atoms with E-state index in [1.54, 1.807) is 6.26 Å². The fourth-order valence-electron chi connectivity index (χ4n) is 3.08. The highest BCUT2D eigenvalue weighted by atomic mass is 32.2. The molecule has 1 fully saturated rings. The molecule has 24 heavy (non-hydrogen) atoms.